The smallest absolute Gasteiger partial charge is 0.264 e. The zero-order valence-electron chi connectivity index (χ0n) is 14.8. The van der Waals surface area contributed by atoms with Crippen molar-refractivity contribution in [1.82, 2.24) is 10.2 Å². The van der Waals surface area contributed by atoms with Crippen molar-refractivity contribution in [2.24, 2.45) is 5.92 Å². The lowest BCUT2D eigenvalue weighted by Crippen LogP contribution is -2.55. The Morgan fingerprint density at radius 3 is 2.81 bits per heavy atom. The zero-order chi connectivity index (χ0) is 18.9. The molecule has 5 nitrogen and oxygen atoms in total. The molecule has 1 saturated heterocycles. The third kappa shape index (κ3) is 4.20. The number of hydrogen-bond acceptors (Lipinski definition) is 3. The van der Waals surface area contributed by atoms with Gasteiger partial charge in [-0.2, -0.15) is 0 Å². The summed E-state index contributed by atoms with van der Waals surface area (Å²) in [7, 11) is 0. The zero-order valence-corrected chi connectivity index (χ0v) is 17.1. The Balaban J connectivity index is 1.55. The van der Waals surface area contributed by atoms with Crippen molar-refractivity contribution < 1.29 is 19.1 Å². The summed E-state index contributed by atoms with van der Waals surface area (Å²) in [5, 5.41) is 12.9. The van der Waals surface area contributed by atoms with Crippen molar-refractivity contribution in [2.75, 3.05) is 13.1 Å². The fourth-order valence-corrected chi connectivity index (χ4v) is 5.61. The molecule has 2 saturated carbocycles. The molecule has 1 heterocycles. The number of likely N-dealkylation sites (tertiary alicyclic amines) is 1. The average Bonchev–Trinajstić information content (AvgIpc) is 2.92. The molecule has 3 rings (SSSR count). The van der Waals surface area contributed by atoms with Crippen LogP contribution in [0.4, 0.5) is 4.39 Å². The summed E-state index contributed by atoms with van der Waals surface area (Å²) >= 11 is 9.63. The van der Waals surface area contributed by atoms with Crippen LogP contribution in [0.5, 0.6) is 0 Å². The van der Waals surface area contributed by atoms with Crippen molar-refractivity contribution in [3.05, 3.63) is 0 Å². The lowest BCUT2D eigenvalue weighted by atomic mass is 9.89. The predicted molar refractivity (Wildman–Crippen MR) is 101 cm³/mol. The molecule has 2 aliphatic carbocycles. The minimum absolute atomic E-state index is 0.0753. The molecule has 0 spiro atoms. The highest BCUT2D eigenvalue weighted by Gasteiger charge is 2.53. The van der Waals surface area contributed by atoms with Crippen LogP contribution < -0.4 is 5.32 Å². The fourth-order valence-electron chi connectivity index (χ4n) is 4.42. The summed E-state index contributed by atoms with van der Waals surface area (Å²) in [6.45, 7) is 0.786. The van der Waals surface area contributed by atoms with Crippen LogP contribution in [-0.4, -0.2) is 62.9 Å². The first-order chi connectivity index (χ1) is 12.3. The number of nitrogens with zero attached hydrogens (tertiary/aromatic N) is 1. The maximum atomic E-state index is 13.6. The molecule has 0 radical (unpaired) electrons. The number of amides is 2. The Morgan fingerprint density at radius 2 is 2.12 bits per heavy atom. The summed E-state index contributed by atoms with van der Waals surface area (Å²) in [4.78, 5) is 27.3. The topological polar surface area (TPSA) is 69.6 Å². The van der Waals surface area contributed by atoms with E-state index in [4.69, 9.17) is 11.6 Å². The van der Waals surface area contributed by atoms with Crippen molar-refractivity contribution >= 4 is 39.3 Å². The minimum atomic E-state index is -2.00. The number of carbonyl (C=O) groups is 2. The van der Waals surface area contributed by atoms with Gasteiger partial charge in [-0.1, -0.05) is 22.4 Å². The highest BCUT2D eigenvalue weighted by Crippen LogP contribution is 2.34. The van der Waals surface area contributed by atoms with Gasteiger partial charge in [0.25, 0.3) is 11.8 Å². The van der Waals surface area contributed by atoms with Gasteiger partial charge >= 0.3 is 0 Å². The van der Waals surface area contributed by atoms with Crippen molar-refractivity contribution in [2.45, 2.75) is 79.4 Å². The minimum Gasteiger partial charge on any atom is -0.372 e. The third-order valence-corrected chi connectivity index (χ3v) is 7.36. The molecule has 0 bridgehead atoms. The second-order valence-corrected chi connectivity index (χ2v) is 9.80. The van der Waals surface area contributed by atoms with Crippen LogP contribution in [0, 0.1) is 5.92 Å². The van der Waals surface area contributed by atoms with Crippen LogP contribution in [0.1, 0.15) is 51.4 Å². The maximum Gasteiger partial charge on any atom is 0.264 e. The predicted octanol–water partition coefficient (Wildman–Crippen LogP) is 2.52. The summed E-state index contributed by atoms with van der Waals surface area (Å²) in [5.74, 6) is -0.809. The Hall–Kier alpha value is -0.400. The molecule has 0 aromatic rings. The SMILES string of the molecule is O=C(NCC1CCCC(Br)C1)C1(O)CCN(C2CCC(F)C(Cl)C2)C1=O. The van der Waals surface area contributed by atoms with Crippen molar-refractivity contribution in [3.8, 4) is 0 Å². The van der Waals surface area contributed by atoms with Crippen LogP contribution >= 0.6 is 27.5 Å². The summed E-state index contributed by atoms with van der Waals surface area (Å²) < 4.78 is 13.6. The van der Waals surface area contributed by atoms with Gasteiger partial charge in [0.05, 0.1) is 5.38 Å². The molecular formula is C18H27BrClFN2O3. The molecule has 2 amide bonds. The van der Waals surface area contributed by atoms with Crippen LogP contribution in [0.25, 0.3) is 0 Å². The third-order valence-electron chi connectivity index (χ3n) is 6.08. The van der Waals surface area contributed by atoms with Gasteiger partial charge in [0.2, 0.25) is 5.60 Å². The van der Waals surface area contributed by atoms with Gasteiger partial charge in [-0.15, -0.1) is 11.6 Å². The first-order valence-corrected chi connectivity index (χ1v) is 10.9. The highest BCUT2D eigenvalue weighted by atomic mass is 79.9. The van der Waals surface area contributed by atoms with E-state index < -0.39 is 29.0 Å². The van der Waals surface area contributed by atoms with Gasteiger partial charge in [-0.25, -0.2) is 4.39 Å². The maximum absolute atomic E-state index is 13.6. The largest absolute Gasteiger partial charge is 0.372 e. The molecule has 6 unspecified atom stereocenters. The van der Waals surface area contributed by atoms with Crippen LogP contribution in [0.2, 0.25) is 0 Å². The van der Waals surface area contributed by atoms with Crippen molar-refractivity contribution in [3.63, 3.8) is 0 Å². The first kappa shape index (κ1) is 20.3. The van der Waals surface area contributed by atoms with E-state index in [0.29, 0.717) is 43.1 Å². The number of hydrogen-bond donors (Lipinski definition) is 2. The molecule has 0 aromatic carbocycles. The lowest BCUT2D eigenvalue weighted by molar-refractivity contribution is -0.155. The summed E-state index contributed by atoms with van der Waals surface area (Å²) in [5.41, 5.74) is -2.00. The van der Waals surface area contributed by atoms with Gasteiger partial charge in [-0.05, 0) is 44.4 Å². The molecular weight excluding hydrogens is 427 g/mol. The van der Waals surface area contributed by atoms with E-state index in [9.17, 15) is 19.1 Å². The molecule has 0 aromatic heterocycles. The summed E-state index contributed by atoms with van der Waals surface area (Å²) in [6, 6.07) is -0.202. The van der Waals surface area contributed by atoms with Gasteiger partial charge in [0, 0.05) is 30.4 Å². The Labute approximate surface area is 167 Å². The van der Waals surface area contributed by atoms with Crippen LogP contribution in [0.3, 0.4) is 0 Å². The van der Waals surface area contributed by atoms with E-state index in [1.54, 1.807) is 0 Å². The second-order valence-electron chi connectivity index (χ2n) is 7.95. The van der Waals surface area contributed by atoms with Crippen LogP contribution in [-0.2, 0) is 9.59 Å². The van der Waals surface area contributed by atoms with Crippen LogP contribution in [0.15, 0.2) is 0 Å². The Bertz CT molecular complexity index is 555. The normalized spacial score (nSPS) is 41.3. The van der Waals surface area contributed by atoms with E-state index in [-0.39, 0.29) is 12.5 Å². The molecule has 1 aliphatic heterocycles. The number of aliphatic hydroxyl groups is 1. The lowest BCUT2D eigenvalue weighted by Gasteiger charge is -2.35. The molecule has 3 aliphatic rings. The Morgan fingerprint density at radius 1 is 1.35 bits per heavy atom. The number of rotatable bonds is 4. The van der Waals surface area contributed by atoms with E-state index in [0.717, 1.165) is 25.7 Å². The van der Waals surface area contributed by atoms with E-state index in [1.807, 2.05) is 0 Å². The highest BCUT2D eigenvalue weighted by molar-refractivity contribution is 9.09. The number of halogens is 3. The van der Waals surface area contributed by atoms with E-state index in [2.05, 4.69) is 21.2 Å². The first-order valence-electron chi connectivity index (χ1n) is 9.55. The number of nitrogens with one attached hydrogen (secondary N) is 1. The standard InChI is InChI=1S/C18H27BrClFN2O3/c19-12-3-1-2-11(8-12)10-22-16(24)18(26)6-7-23(17(18)25)13-4-5-15(21)14(20)9-13/h11-15,26H,1-10H2,(H,22,24). The molecule has 6 atom stereocenters. The van der Waals surface area contributed by atoms with Gasteiger partial charge in [0.1, 0.15) is 6.17 Å². The van der Waals surface area contributed by atoms with Gasteiger partial charge in [0.15, 0.2) is 0 Å². The fraction of sp³-hybridized carbons (Fsp3) is 0.889. The molecule has 8 heteroatoms. The second kappa shape index (κ2) is 8.31. The summed E-state index contributed by atoms with van der Waals surface area (Å²) in [6.07, 6.45) is 4.50. The Kier molecular flexibility index (Phi) is 6.50. The monoisotopic (exact) mass is 452 g/mol. The van der Waals surface area contributed by atoms with Gasteiger partial charge in [-0.3, -0.25) is 9.59 Å². The average molecular weight is 454 g/mol. The molecule has 26 heavy (non-hydrogen) atoms. The van der Waals surface area contributed by atoms with Crippen molar-refractivity contribution in [1.29, 1.82) is 0 Å². The van der Waals surface area contributed by atoms with Gasteiger partial charge < -0.3 is 15.3 Å². The number of carbonyl (C=O) groups excluding carboxylic acids is 2. The quantitative estimate of drug-likeness (QED) is 0.508. The van der Waals surface area contributed by atoms with E-state index >= 15 is 0 Å². The molecule has 148 valence electrons. The van der Waals surface area contributed by atoms with E-state index in [1.165, 1.54) is 4.90 Å². The molecule has 3 fully saturated rings. The number of alkyl halides is 3. The molecule has 2 N–H and O–H groups in total.